The van der Waals surface area contributed by atoms with Gasteiger partial charge in [-0.05, 0) is 47.6 Å². The summed E-state index contributed by atoms with van der Waals surface area (Å²) in [5.41, 5.74) is 5.43. The molecule has 210 valence electrons. The van der Waals surface area contributed by atoms with Gasteiger partial charge in [0.05, 0.1) is 12.7 Å². The number of benzene rings is 3. The average Bonchev–Trinajstić information content (AvgIpc) is 3.29. The molecule has 1 aliphatic carbocycles. The van der Waals surface area contributed by atoms with Gasteiger partial charge in [-0.3, -0.25) is 9.59 Å². The SMILES string of the molecule is C[C@H](OCc1ccccc1)[C@@H](NC(=O)OCC1c2ccccc2-c2ccccc21)C(=O)NCCCCCC(=O)O. The fourth-order valence-electron chi connectivity index (χ4n) is 4.96. The predicted molar refractivity (Wildman–Crippen MR) is 152 cm³/mol. The average molecular weight is 545 g/mol. The van der Waals surface area contributed by atoms with E-state index >= 15 is 0 Å². The van der Waals surface area contributed by atoms with E-state index in [0.29, 0.717) is 25.8 Å². The van der Waals surface area contributed by atoms with Gasteiger partial charge >= 0.3 is 12.1 Å². The van der Waals surface area contributed by atoms with Crippen LogP contribution in [0.5, 0.6) is 0 Å². The number of carboxylic acid groups (broad SMARTS) is 1. The van der Waals surface area contributed by atoms with Crippen molar-refractivity contribution in [2.24, 2.45) is 0 Å². The Morgan fingerprint density at radius 1 is 0.850 bits per heavy atom. The van der Waals surface area contributed by atoms with Gasteiger partial charge in [0.2, 0.25) is 5.91 Å². The van der Waals surface area contributed by atoms with Gasteiger partial charge in [0.15, 0.2) is 0 Å². The molecule has 0 unspecified atom stereocenters. The fourth-order valence-corrected chi connectivity index (χ4v) is 4.96. The zero-order valence-corrected chi connectivity index (χ0v) is 22.7. The Balaban J connectivity index is 1.36. The van der Waals surface area contributed by atoms with Crippen molar-refractivity contribution in [1.29, 1.82) is 0 Å². The minimum absolute atomic E-state index is 0.0945. The number of carboxylic acids is 1. The molecule has 8 heteroatoms. The first-order valence-corrected chi connectivity index (χ1v) is 13.7. The highest BCUT2D eigenvalue weighted by atomic mass is 16.5. The van der Waals surface area contributed by atoms with Gasteiger partial charge in [-0.1, -0.05) is 85.3 Å². The maximum Gasteiger partial charge on any atom is 0.407 e. The van der Waals surface area contributed by atoms with Crippen LogP contribution in [0, 0.1) is 0 Å². The molecule has 0 saturated heterocycles. The normalized spacial score (nSPS) is 13.5. The van der Waals surface area contributed by atoms with Crippen molar-refractivity contribution in [2.45, 2.75) is 57.3 Å². The molecule has 0 heterocycles. The van der Waals surface area contributed by atoms with Crippen molar-refractivity contribution >= 4 is 18.0 Å². The Hall–Kier alpha value is -4.17. The van der Waals surface area contributed by atoms with E-state index in [9.17, 15) is 14.4 Å². The molecule has 0 fully saturated rings. The molecule has 0 saturated carbocycles. The molecule has 3 aromatic rings. The Labute approximate surface area is 234 Å². The van der Waals surface area contributed by atoms with Gasteiger partial charge in [-0.15, -0.1) is 0 Å². The van der Waals surface area contributed by atoms with Crippen molar-refractivity contribution < 1.29 is 29.0 Å². The van der Waals surface area contributed by atoms with Gasteiger partial charge < -0.3 is 25.2 Å². The lowest BCUT2D eigenvalue weighted by molar-refractivity contribution is -0.137. The fraction of sp³-hybridized carbons (Fsp3) is 0.344. The third-order valence-electron chi connectivity index (χ3n) is 7.09. The standard InChI is InChI=1S/C32H36N2O6/c1-22(39-20-23-12-4-2-5-13-23)30(31(37)33-19-11-3-6-18-29(35)36)34-32(38)40-21-28-26-16-9-7-14-24(26)25-15-8-10-17-27(25)28/h2,4-5,7-10,12-17,22,28,30H,3,6,11,18-21H2,1H3,(H,33,37)(H,34,38)(H,35,36)/t22-,30+/m0/s1. The summed E-state index contributed by atoms with van der Waals surface area (Å²) in [7, 11) is 0. The van der Waals surface area contributed by atoms with E-state index in [1.807, 2.05) is 66.7 Å². The summed E-state index contributed by atoms with van der Waals surface area (Å²) in [4.78, 5) is 36.8. The summed E-state index contributed by atoms with van der Waals surface area (Å²) in [6, 6.07) is 24.8. The van der Waals surface area contributed by atoms with E-state index in [-0.39, 0.29) is 31.5 Å². The summed E-state index contributed by atoms with van der Waals surface area (Å²) < 4.78 is 11.6. The third-order valence-corrected chi connectivity index (χ3v) is 7.09. The van der Waals surface area contributed by atoms with Crippen molar-refractivity contribution in [3.05, 3.63) is 95.6 Å². The van der Waals surface area contributed by atoms with Crippen LogP contribution in [-0.4, -0.2) is 48.4 Å². The Morgan fingerprint density at radius 2 is 1.48 bits per heavy atom. The Bertz CT molecular complexity index is 1250. The smallest absolute Gasteiger partial charge is 0.407 e. The highest BCUT2D eigenvalue weighted by Gasteiger charge is 2.31. The highest BCUT2D eigenvalue weighted by Crippen LogP contribution is 2.44. The van der Waals surface area contributed by atoms with Crippen molar-refractivity contribution in [3.63, 3.8) is 0 Å². The zero-order valence-electron chi connectivity index (χ0n) is 22.7. The highest BCUT2D eigenvalue weighted by molar-refractivity contribution is 5.86. The molecule has 0 spiro atoms. The topological polar surface area (TPSA) is 114 Å². The lowest BCUT2D eigenvalue weighted by Crippen LogP contribution is -2.53. The second-order valence-corrected chi connectivity index (χ2v) is 9.94. The summed E-state index contributed by atoms with van der Waals surface area (Å²) >= 11 is 0. The summed E-state index contributed by atoms with van der Waals surface area (Å²) in [5, 5.41) is 14.3. The second-order valence-electron chi connectivity index (χ2n) is 9.94. The number of unbranched alkanes of at least 4 members (excludes halogenated alkanes) is 2. The van der Waals surface area contributed by atoms with Crippen LogP contribution in [-0.2, 0) is 25.7 Å². The van der Waals surface area contributed by atoms with Crippen LogP contribution >= 0.6 is 0 Å². The lowest BCUT2D eigenvalue weighted by Gasteiger charge is -2.25. The van der Waals surface area contributed by atoms with E-state index in [1.54, 1.807) is 6.92 Å². The lowest BCUT2D eigenvalue weighted by atomic mass is 9.98. The second kappa shape index (κ2) is 14.3. The van der Waals surface area contributed by atoms with Crippen LogP contribution in [0.3, 0.4) is 0 Å². The Kier molecular flexibility index (Phi) is 10.3. The molecule has 0 radical (unpaired) electrons. The summed E-state index contributed by atoms with van der Waals surface area (Å²) in [5.74, 6) is -1.31. The van der Waals surface area contributed by atoms with Crippen LogP contribution in [0.2, 0.25) is 0 Å². The maximum atomic E-state index is 13.1. The van der Waals surface area contributed by atoms with Crippen LogP contribution < -0.4 is 10.6 Å². The largest absolute Gasteiger partial charge is 0.481 e. The molecule has 2 amide bonds. The van der Waals surface area contributed by atoms with Crippen LogP contribution in [0.4, 0.5) is 4.79 Å². The molecule has 3 aromatic carbocycles. The molecular weight excluding hydrogens is 508 g/mol. The van der Waals surface area contributed by atoms with E-state index in [4.69, 9.17) is 14.6 Å². The van der Waals surface area contributed by atoms with E-state index < -0.39 is 24.2 Å². The quantitative estimate of drug-likeness (QED) is 0.239. The predicted octanol–water partition coefficient (Wildman–Crippen LogP) is 5.26. The number of hydrogen-bond donors (Lipinski definition) is 3. The first-order chi connectivity index (χ1) is 19.4. The number of hydrogen-bond acceptors (Lipinski definition) is 5. The summed E-state index contributed by atoms with van der Waals surface area (Å²) in [6.45, 7) is 2.53. The monoisotopic (exact) mass is 544 g/mol. The van der Waals surface area contributed by atoms with Crippen molar-refractivity contribution in [2.75, 3.05) is 13.2 Å². The number of fused-ring (bicyclic) bond motifs is 3. The molecule has 0 aliphatic heterocycles. The Morgan fingerprint density at radius 3 is 2.12 bits per heavy atom. The number of ether oxygens (including phenoxy) is 2. The molecule has 0 bridgehead atoms. The molecular formula is C32H36N2O6. The molecule has 3 N–H and O–H groups in total. The number of alkyl carbamates (subject to hydrolysis) is 1. The molecule has 2 atom stereocenters. The van der Waals surface area contributed by atoms with Crippen LogP contribution in [0.1, 0.15) is 55.2 Å². The van der Waals surface area contributed by atoms with Gasteiger partial charge in [-0.2, -0.15) is 0 Å². The molecule has 4 rings (SSSR count). The van der Waals surface area contributed by atoms with E-state index in [0.717, 1.165) is 27.8 Å². The number of rotatable bonds is 14. The van der Waals surface area contributed by atoms with Crippen LogP contribution in [0.25, 0.3) is 11.1 Å². The molecule has 8 nitrogen and oxygen atoms in total. The first-order valence-electron chi connectivity index (χ1n) is 13.7. The third kappa shape index (κ3) is 7.70. The molecule has 40 heavy (non-hydrogen) atoms. The number of nitrogens with one attached hydrogen (secondary N) is 2. The first kappa shape index (κ1) is 28.8. The van der Waals surface area contributed by atoms with E-state index in [2.05, 4.69) is 22.8 Å². The summed E-state index contributed by atoms with van der Waals surface area (Å²) in [6.07, 6.45) is 0.631. The molecule has 0 aromatic heterocycles. The van der Waals surface area contributed by atoms with Crippen molar-refractivity contribution in [3.8, 4) is 11.1 Å². The van der Waals surface area contributed by atoms with Gasteiger partial charge in [0.1, 0.15) is 12.6 Å². The number of aliphatic carboxylic acids is 1. The van der Waals surface area contributed by atoms with Gasteiger partial charge in [0, 0.05) is 18.9 Å². The zero-order chi connectivity index (χ0) is 28.3. The number of amides is 2. The van der Waals surface area contributed by atoms with Crippen molar-refractivity contribution in [1.82, 2.24) is 10.6 Å². The number of carbonyl (C=O) groups is 3. The van der Waals surface area contributed by atoms with Gasteiger partial charge in [0.25, 0.3) is 0 Å². The number of carbonyl (C=O) groups excluding carboxylic acids is 2. The minimum Gasteiger partial charge on any atom is -0.481 e. The minimum atomic E-state index is -0.974. The van der Waals surface area contributed by atoms with Crippen LogP contribution in [0.15, 0.2) is 78.9 Å². The van der Waals surface area contributed by atoms with Gasteiger partial charge in [-0.25, -0.2) is 4.79 Å². The maximum absolute atomic E-state index is 13.1. The molecule has 1 aliphatic rings. The van der Waals surface area contributed by atoms with E-state index in [1.165, 1.54) is 0 Å².